The number of fused-ring (bicyclic) bond motifs is 1. The highest BCUT2D eigenvalue weighted by atomic mass is 16.4. The molecule has 2 aromatic carbocycles. The van der Waals surface area contributed by atoms with Crippen molar-refractivity contribution in [3.8, 4) is 0 Å². The first kappa shape index (κ1) is 32.3. The number of benzene rings is 2. The fourth-order valence-corrected chi connectivity index (χ4v) is 7.86. The van der Waals surface area contributed by atoms with Crippen LogP contribution in [0.4, 0.5) is 34.5 Å². The van der Waals surface area contributed by atoms with E-state index in [0.29, 0.717) is 18.2 Å². The van der Waals surface area contributed by atoms with E-state index in [-0.39, 0.29) is 5.92 Å². The summed E-state index contributed by atoms with van der Waals surface area (Å²) in [6.07, 6.45) is 14.1. The van der Waals surface area contributed by atoms with Gasteiger partial charge in [0.15, 0.2) is 11.8 Å². The van der Waals surface area contributed by atoms with Gasteiger partial charge in [0.1, 0.15) is 29.5 Å². The Kier molecular flexibility index (Phi) is 8.58. The molecule has 2 saturated heterocycles. The second-order valence-electron chi connectivity index (χ2n) is 14.3. The van der Waals surface area contributed by atoms with Gasteiger partial charge in [0, 0.05) is 60.8 Å². The minimum absolute atomic E-state index is 0.156. The topological polar surface area (TPSA) is 106 Å². The SMILES string of the molecule is Cc1ccc(Nc2cc(N3CCCCC3)ccc2C2=CC3=CC(c4ccc(N5CCCCC5)cc4Nc4ccc(C)o4)=NC4=NC=NC(=N2)C4C3)o1. The van der Waals surface area contributed by atoms with Crippen LogP contribution in [-0.2, 0) is 0 Å². The Morgan fingerprint density at radius 3 is 1.83 bits per heavy atom. The van der Waals surface area contributed by atoms with Crippen molar-refractivity contribution in [1.82, 2.24) is 0 Å². The predicted molar refractivity (Wildman–Crippen MR) is 213 cm³/mol. The minimum atomic E-state index is -0.156. The average Bonchev–Trinajstić information content (AvgIpc) is 3.66. The predicted octanol–water partition coefficient (Wildman–Crippen LogP) is 9.59. The van der Waals surface area contributed by atoms with Crippen molar-refractivity contribution in [3.05, 3.63) is 101 Å². The van der Waals surface area contributed by atoms with E-state index in [4.69, 9.17) is 28.8 Å². The molecular formula is C42H44N8O2. The van der Waals surface area contributed by atoms with Gasteiger partial charge in [-0.2, -0.15) is 0 Å². The van der Waals surface area contributed by atoms with Crippen LogP contribution in [-0.4, -0.2) is 49.9 Å². The summed E-state index contributed by atoms with van der Waals surface area (Å²) in [5.41, 5.74) is 9.03. The molecule has 2 fully saturated rings. The van der Waals surface area contributed by atoms with Crippen molar-refractivity contribution in [3.63, 3.8) is 0 Å². The van der Waals surface area contributed by atoms with E-state index < -0.39 is 0 Å². The van der Waals surface area contributed by atoms with E-state index in [1.807, 2.05) is 38.1 Å². The number of piperidine rings is 2. The molecule has 10 heteroatoms. The number of aliphatic imine (C=N–C) groups is 4. The lowest BCUT2D eigenvalue weighted by Crippen LogP contribution is -2.29. The van der Waals surface area contributed by atoms with Crippen molar-refractivity contribution >= 4 is 63.9 Å². The summed E-state index contributed by atoms with van der Waals surface area (Å²) in [5, 5.41) is 7.18. The monoisotopic (exact) mass is 692 g/mol. The largest absolute Gasteiger partial charge is 0.446 e. The molecule has 52 heavy (non-hydrogen) atoms. The van der Waals surface area contributed by atoms with Gasteiger partial charge < -0.3 is 29.3 Å². The minimum Gasteiger partial charge on any atom is -0.446 e. The molecule has 1 unspecified atom stereocenters. The van der Waals surface area contributed by atoms with Crippen LogP contribution in [0.15, 0.2) is 107 Å². The molecule has 0 saturated carbocycles. The molecule has 5 aliphatic rings. The Bertz CT molecular complexity index is 2080. The van der Waals surface area contributed by atoms with E-state index in [9.17, 15) is 0 Å². The second kappa shape index (κ2) is 13.8. The Hall–Kier alpha value is -5.64. The van der Waals surface area contributed by atoms with Gasteiger partial charge in [0.2, 0.25) is 0 Å². The van der Waals surface area contributed by atoms with Crippen LogP contribution in [0.25, 0.3) is 5.70 Å². The molecule has 5 aliphatic heterocycles. The van der Waals surface area contributed by atoms with Crippen molar-refractivity contribution in [1.29, 1.82) is 0 Å². The maximum absolute atomic E-state index is 5.99. The Labute approximate surface area is 304 Å². The third-order valence-electron chi connectivity index (χ3n) is 10.6. The van der Waals surface area contributed by atoms with Crippen LogP contribution < -0.4 is 20.4 Å². The van der Waals surface area contributed by atoms with Gasteiger partial charge in [-0.25, -0.2) is 20.0 Å². The van der Waals surface area contributed by atoms with Gasteiger partial charge in [-0.1, -0.05) is 0 Å². The number of hydrogen-bond donors (Lipinski definition) is 2. The maximum atomic E-state index is 5.99. The van der Waals surface area contributed by atoms with Gasteiger partial charge in [-0.05, 0) is 125 Å². The molecule has 2 bridgehead atoms. The molecule has 4 aromatic rings. The number of rotatable bonds is 8. The molecule has 2 N–H and O–H groups in total. The summed E-state index contributed by atoms with van der Waals surface area (Å²) in [5.74, 6) is 4.39. The smallest absolute Gasteiger partial charge is 0.197 e. The molecule has 264 valence electrons. The molecule has 0 radical (unpaired) electrons. The summed E-state index contributed by atoms with van der Waals surface area (Å²) in [6, 6.07) is 21.2. The van der Waals surface area contributed by atoms with E-state index >= 15 is 0 Å². The Balaban J connectivity index is 1.14. The number of amidine groups is 2. The number of anilines is 6. The number of allylic oxidation sites excluding steroid dienone is 3. The number of nitrogens with zero attached hydrogens (tertiary/aromatic N) is 6. The van der Waals surface area contributed by atoms with Crippen LogP contribution in [0.2, 0.25) is 0 Å². The fraction of sp³-hybridized carbons (Fsp3) is 0.333. The lowest BCUT2D eigenvalue weighted by atomic mass is 9.96. The highest BCUT2D eigenvalue weighted by Crippen LogP contribution is 2.39. The first-order valence-electron chi connectivity index (χ1n) is 18.7. The van der Waals surface area contributed by atoms with Crippen molar-refractivity contribution in [2.75, 3.05) is 46.6 Å². The fourth-order valence-electron chi connectivity index (χ4n) is 7.86. The Morgan fingerprint density at radius 2 is 1.23 bits per heavy atom. The molecule has 0 amide bonds. The van der Waals surface area contributed by atoms with Gasteiger partial charge in [0.25, 0.3) is 0 Å². The average molecular weight is 693 g/mol. The number of furan rings is 2. The number of hydrogen-bond acceptors (Lipinski definition) is 10. The van der Waals surface area contributed by atoms with Gasteiger partial charge in [-0.3, -0.25) is 0 Å². The van der Waals surface area contributed by atoms with Crippen LogP contribution in [0.1, 0.15) is 67.6 Å². The zero-order valence-electron chi connectivity index (χ0n) is 29.9. The van der Waals surface area contributed by atoms with E-state index in [0.717, 1.165) is 88.9 Å². The molecule has 10 nitrogen and oxygen atoms in total. The summed E-state index contributed by atoms with van der Waals surface area (Å²) in [4.78, 5) is 24.8. The maximum Gasteiger partial charge on any atom is 0.197 e. The summed E-state index contributed by atoms with van der Waals surface area (Å²) in [6.45, 7) is 8.17. The molecule has 2 aromatic heterocycles. The number of nitrogens with one attached hydrogen (secondary N) is 2. The van der Waals surface area contributed by atoms with Gasteiger partial charge >= 0.3 is 0 Å². The van der Waals surface area contributed by atoms with Crippen LogP contribution >= 0.6 is 0 Å². The zero-order chi connectivity index (χ0) is 35.0. The van der Waals surface area contributed by atoms with Crippen molar-refractivity contribution in [2.24, 2.45) is 25.9 Å². The first-order chi connectivity index (χ1) is 25.5. The highest BCUT2D eigenvalue weighted by molar-refractivity contribution is 6.24. The van der Waals surface area contributed by atoms with Crippen molar-refractivity contribution in [2.45, 2.75) is 58.8 Å². The summed E-state index contributed by atoms with van der Waals surface area (Å²) >= 11 is 0. The zero-order valence-corrected chi connectivity index (χ0v) is 29.9. The van der Waals surface area contributed by atoms with Gasteiger partial charge in [0.05, 0.1) is 28.7 Å². The van der Waals surface area contributed by atoms with Crippen molar-refractivity contribution < 1.29 is 8.83 Å². The molecule has 0 spiro atoms. The highest BCUT2D eigenvalue weighted by Gasteiger charge is 2.32. The first-order valence-corrected chi connectivity index (χ1v) is 18.7. The van der Waals surface area contributed by atoms with E-state index in [2.05, 4.69) is 69.0 Å². The third-order valence-corrected chi connectivity index (χ3v) is 10.6. The molecule has 1 atom stereocenters. The molecule has 9 rings (SSSR count). The van der Waals surface area contributed by atoms with E-state index in [1.54, 1.807) is 6.34 Å². The van der Waals surface area contributed by atoms with Crippen LogP contribution in [0, 0.1) is 19.8 Å². The van der Waals surface area contributed by atoms with Gasteiger partial charge in [-0.15, -0.1) is 0 Å². The molecule has 7 heterocycles. The number of aryl methyl sites for hydroxylation is 2. The van der Waals surface area contributed by atoms with Crippen LogP contribution in [0.5, 0.6) is 0 Å². The lowest BCUT2D eigenvalue weighted by molar-refractivity contribution is 0.550. The Morgan fingerprint density at radius 1 is 0.635 bits per heavy atom. The quantitative estimate of drug-likeness (QED) is 0.191. The third kappa shape index (κ3) is 6.61. The summed E-state index contributed by atoms with van der Waals surface area (Å²) in [7, 11) is 0. The van der Waals surface area contributed by atoms with E-state index in [1.165, 1.54) is 49.9 Å². The normalized spacial score (nSPS) is 19.9. The standard InChI is InChI=1S/C42H44N8O2/c1-27-9-15-39(51-27)45-37-24-30(49-17-5-3-6-18-49)11-13-32(37)35-22-29-21-34-41(47-35)43-26-44-42(34)48-36(23-29)33-14-12-31(50-19-7-4-8-20-50)25-38(33)46-40-16-10-28(2)52-40/h9-16,22-26,34,45-46H,3-8,17-21H2,1-2H3. The van der Waals surface area contributed by atoms with Crippen LogP contribution in [0.3, 0.4) is 0 Å². The summed E-state index contributed by atoms with van der Waals surface area (Å²) < 4.78 is 12.0. The second-order valence-corrected chi connectivity index (χ2v) is 14.3. The molecule has 0 aliphatic carbocycles. The molecular weight excluding hydrogens is 649 g/mol. The lowest BCUT2D eigenvalue weighted by Gasteiger charge is -2.29.